The third-order valence-electron chi connectivity index (χ3n) is 5.37. The smallest absolute Gasteiger partial charge is 0.443 e. The zero-order valence-electron chi connectivity index (χ0n) is 18.8. The molecule has 9 heteroatoms. The Labute approximate surface area is 192 Å². The van der Waals surface area contributed by atoms with Gasteiger partial charge in [-0.25, -0.2) is 9.59 Å². The van der Waals surface area contributed by atoms with Crippen LogP contribution in [0.15, 0.2) is 60.7 Å². The zero-order valence-corrected chi connectivity index (χ0v) is 18.8. The average molecular weight is 456 g/mol. The average Bonchev–Trinajstić information content (AvgIpc) is 2.80. The minimum Gasteiger partial charge on any atom is -0.443 e. The van der Waals surface area contributed by atoms with E-state index in [0.29, 0.717) is 0 Å². The number of nitrogens with zero attached hydrogens (tertiary/aromatic N) is 1. The van der Waals surface area contributed by atoms with Crippen molar-refractivity contribution in [1.82, 2.24) is 10.4 Å². The Kier molecular flexibility index (Phi) is 8.26. The fraction of sp³-hybridized carbons (Fsp3) is 0.375. The summed E-state index contributed by atoms with van der Waals surface area (Å²) in [6.07, 6.45) is -3.01. The van der Waals surface area contributed by atoms with Gasteiger partial charge in [0.1, 0.15) is 18.8 Å². The van der Waals surface area contributed by atoms with E-state index >= 15 is 0 Å². The van der Waals surface area contributed by atoms with Crippen LogP contribution in [-0.2, 0) is 37.0 Å². The molecule has 2 aromatic rings. The monoisotopic (exact) mass is 456 g/mol. The molecule has 1 saturated heterocycles. The van der Waals surface area contributed by atoms with Crippen molar-refractivity contribution in [2.75, 3.05) is 7.11 Å². The van der Waals surface area contributed by atoms with Crippen LogP contribution in [0, 0.1) is 5.92 Å². The zero-order chi connectivity index (χ0) is 23.8. The summed E-state index contributed by atoms with van der Waals surface area (Å²) in [7, 11) is 1.37. The molecule has 33 heavy (non-hydrogen) atoms. The lowest BCUT2D eigenvalue weighted by molar-refractivity contribution is -0.151. The molecule has 0 aliphatic carbocycles. The van der Waals surface area contributed by atoms with Gasteiger partial charge in [0.2, 0.25) is 5.91 Å². The van der Waals surface area contributed by atoms with Gasteiger partial charge in [0.25, 0.3) is 0 Å². The summed E-state index contributed by atoms with van der Waals surface area (Å²) in [5.41, 5.74) is 1.69. The Bertz CT molecular complexity index is 938. The van der Waals surface area contributed by atoms with Gasteiger partial charge in [0.15, 0.2) is 0 Å². The van der Waals surface area contributed by atoms with Crippen LogP contribution in [0.5, 0.6) is 0 Å². The summed E-state index contributed by atoms with van der Waals surface area (Å²) in [6.45, 7) is 3.53. The molecule has 176 valence electrons. The Balaban J connectivity index is 1.50. The number of nitrogens with one attached hydrogen (secondary N) is 1. The van der Waals surface area contributed by atoms with Gasteiger partial charge in [0.05, 0.1) is 25.6 Å². The van der Waals surface area contributed by atoms with Crippen LogP contribution < -0.4 is 5.32 Å². The Morgan fingerprint density at radius 2 is 1.55 bits per heavy atom. The lowest BCUT2D eigenvalue weighted by Gasteiger charge is -2.42. The number of ether oxygens (including phenoxy) is 3. The molecule has 1 heterocycles. The summed E-state index contributed by atoms with van der Waals surface area (Å²) in [5, 5.41) is 3.79. The van der Waals surface area contributed by atoms with Gasteiger partial charge in [-0.2, -0.15) is 5.06 Å². The Hall–Kier alpha value is -3.59. The molecule has 0 radical (unpaired) electrons. The number of rotatable bonds is 9. The van der Waals surface area contributed by atoms with Gasteiger partial charge in [-0.05, 0) is 25.0 Å². The van der Waals surface area contributed by atoms with Gasteiger partial charge in [0, 0.05) is 0 Å². The van der Waals surface area contributed by atoms with E-state index < -0.39 is 36.4 Å². The molecular weight excluding hydrogens is 428 g/mol. The second kappa shape index (κ2) is 11.3. The summed E-state index contributed by atoms with van der Waals surface area (Å²) in [4.78, 5) is 41.9. The topological polar surface area (TPSA) is 103 Å². The van der Waals surface area contributed by atoms with Gasteiger partial charge in [-0.15, -0.1) is 0 Å². The van der Waals surface area contributed by atoms with Crippen molar-refractivity contribution in [2.24, 2.45) is 5.92 Å². The molecule has 2 amide bonds. The van der Waals surface area contributed by atoms with Crippen LogP contribution in [0.4, 0.5) is 9.59 Å². The summed E-state index contributed by atoms with van der Waals surface area (Å²) < 4.78 is 15.9. The Morgan fingerprint density at radius 1 is 0.939 bits per heavy atom. The number of benzene rings is 2. The number of β-lactam (4-membered cyclic amide) rings is 1. The molecule has 2 aromatic carbocycles. The van der Waals surface area contributed by atoms with E-state index in [4.69, 9.17) is 19.0 Å². The van der Waals surface area contributed by atoms with E-state index in [-0.39, 0.29) is 19.1 Å². The summed E-state index contributed by atoms with van der Waals surface area (Å²) >= 11 is 0. The van der Waals surface area contributed by atoms with Crippen LogP contribution in [0.3, 0.4) is 0 Å². The number of carbonyl (C=O) groups excluding carboxylic acids is 3. The molecule has 3 rings (SSSR count). The largest absolute Gasteiger partial charge is 0.508 e. The second-order valence-electron chi connectivity index (χ2n) is 7.70. The molecule has 9 nitrogen and oxygen atoms in total. The molecule has 0 unspecified atom stereocenters. The standard InChI is InChI=1S/C24H28N2O7/c1-16(33-24(29)31-15-19-12-8-5-9-13-19)20-21(25-22(20)27)17(2)32-23(28)26(30-3)14-18-10-6-4-7-11-18/h4-13,16-17,20-21H,14-15H2,1-3H3,(H,25,27)/t16-,17+,20-,21-/m1/s1. The molecule has 0 bridgehead atoms. The molecule has 4 atom stereocenters. The normalized spacial score (nSPS) is 18.8. The number of hydrogen-bond donors (Lipinski definition) is 1. The van der Waals surface area contributed by atoms with Crippen molar-refractivity contribution in [3.8, 4) is 0 Å². The van der Waals surface area contributed by atoms with Crippen molar-refractivity contribution < 1.29 is 33.4 Å². The highest BCUT2D eigenvalue weighted by Gasteiger charge is 2.48. The second-order valence-corrected chi connectivity index (χ2v) is 7.70. The maximum atomic E-state index is 12.5. The predicted octanol–water partition coefficient (Wildman–Crippen LogP) is 3.43. The lowest BCUT2D eigenvalue weighted by atomic mass is 9.83. The predicted molar refractivity (Wildman–Crippen MR) is 118 cm³/mol. The van der Waals surface area contributed by atoms with E-state index in [2.05, 4.69) is 5.32 Å². The first-order valence-corrected chi connectivity index (χ1v) is 10.6. The van der Waals surface area contributed by atoms with Crippen molar-refractivity contribution in [2.45, 2.75) is 45.2 Å². The van der Waals surface area contributed by atoms with Crippen molar-refractivity contribution in [3.63, 3.8) is 0 Å². The van der Waals surface area contributed by atoms with Crippen molar-refractivity contribution in [3.05, 3.63) is 71.8 Å². The number of carbonyl (C=O) groups is 3. The third-order valence-corrected chi connectivity index (χ3v) is 5.37. The van der Waals surface area contributed by atoms with E-state index in [0.717, 1.165) is 16.2 Å². The first kappa shape index (κ1) is 24.1. The van der Waals surface area contributed by atoms with Crippen LogP contribution in [0.25, 0.3) is 0 Å². The highest BCUT2D eigenvalue weighted by Crippen LogP contribution is 2.26. The minimum atomic E-state index is -0.872. The highest BCUT2D eigenvalue weighted by molar-refractivity contribution is 5.87. The van der Waals surface area contributed by atoms with Gasteiger partial charge >= 0.3 is 12.2 Å². The molecule has 1 aliphatic heterocycles. The number of hydrogen-bond acceptors (Lipinski definition) is 7. The molecule has 0 saturated carbocycles. The highest BCUT2D eigenvalue weighted by atomic mass is 16.7. The maximum absolute atomic E-state index is 12.5. The quantitative estimate of drug-likeness (QED) is 0.350. The fourth-order valence-corrected chi connectivity index (χ4v) is 3.55. The van der Waals surface area contributed by atoms with E-state index in [1.807, 2.05) is 60.7 Å². The summed E-state index contributed by atoms with van der Waals surface area (Å²) in [5.74, 6) is -0.971. The van der Waals surface area contributed by atoms with Gasteiger partial charge in [-0.3, -0.25) is 9.63 Å². The van der Waals surface area contributed by atoms with Gasteiger partial charge < -0.3 is 19.5 Å². The van der Waals surface area contributed by atoms with E-state index in [1.54, 1.807) is 13.8 Å². The molecule has 1 N–H and O–H groups in total. The van der Waals surface area contributed by atoms with Crippen molar-refractivity contribution in [1.29, 1.82) is 0 Å². The maximum Gasteiger partial charge on any atom is 0.508 e. The van der Waals surface area contributed by atoms with Crippen LogP contribution in [0.2, 0.25) is 0 Å². The first-order chi connectivity index (χ1) is 15.9. The fourth-order valence-electron chi connectivity index (χ4n) is 3.55. The van der Waals surface area contributed by atoms with Crippen molar-refractivity contribution >= 4 is 18.2 Å². The number of amides is 2. The molecule has 1 fully saturated rings. The van der Waals surface area contributed by atoms with Gasteiger partial charge in [-0.1, -0.05) is 60.7 Å². The first-order valence-electron chi connectivity index (χ1n) is 10.6. The van der Waals surface area contributed by atoms with Crippen LogP contribution >= 0.6 is 0 Å². The minimum absolute atomic E-state index is 0.0645. The van der Waals surface area contributed by atoms with Crippen LogP contribution in [0.1, 0.15) is 25.0 Å². The van der Waals surface area contributed by atoms with E-state index in [1.165, 1.54) is 7.11 Å². The van der Waals surface area contributed by atoms with E-state index in [9.17, 15) is 14.4 Å². The summed E-state index contributed by atoms with van der Waals surface area (Å²) in [6, 6.07) is 18.0. The Morgan fingerprint density at radius 3 is 2.12 bits per heavy atom. The molecule has 0 spiro atoms. The molecular formula is C24H28N2O7. The lowest BCUT2D eigenvalue weighted by Crippen LogP contribution is -2.67. The molecule has 0 aromatic heterocycles. The third kappa shape index (κ3) is 6.45. The van der Waals surface area contributed by atoms with Crippen LogP contribution in [-0.4, -0.2) is 48.6 Å². The molecule has 1 aliphatic rings. The SMILES string of the molecule is CON(Cc1ccccc1)C(=O)O[C@@H](C)[C@H]1NC(=O)[C@@H]1[C@@H](C)OC(=O)OCc1ccccc1. The number of hydroxylamine groups is 2.